The van der Waals surface area contributed by atoms with Crippen LogP contribution >= 0.6 is 23.4 Å². The number of aromatic hydroxyl groups is 2. The Labute approximate surface area is 177 Å². The van der Waals surface area contributed by atoms with E-state index in [0.29, 0.717) is 37.2 Å². The van der Waals surface area contributed by atoms with Gasteiger partial charge in [0, 0.05) is 47.3 Å². The molecule has 8 heteroatoms. The SMILES string of the molecule is CSc1cccc(CC(=O)N2CCc3[nH]nc(-c4cc(Cl)c(O)cc4O)c3C2)c1. The van der Waals surface area contributed by atoms with Crippen LogP contribution in [0.25, 0.3) is 11.3 Å². The number of rotatable bonds is 4. The molecule has 3 N–H and O–H groups in total. The van der Waals surface area contributed by atoms with Crippen LogP contribution in [0.1, 0.15) is 16.8 Å². The fourth-order valence-corrected chi connectivity index (χ4v) is 4.19. The van der Waals surface area contributed by atoms with Gasteiger partial charge in [-0.15, -0.1) is 11.8 Å². The van der Waals surface area contributed by atoms with Gasteiger partial charge in [-0.2, -0.15) is 5.10 Å². The Hall–Kier alpha value is -2.64. The Morgan fingerprint density at radius 3 is 2.90 bits per heavy atom. The summed E-state index contributed by atoms with van der Waals surface area (Å²) in [6, 6.07) is 10.7. The molecule has 4 rings (SSSR count). The molecule has 29 heavy (non-hydrogen) atoms. The van der Waals surface area contributed by atoms with Crippen molar-refractivity contribution in [3.8, 4) is 22.8 Å². The minimum Gasteiger partial charge on any atom is -0.507 e. The van der Waals surface area contributed by atoms with Gasteiger partial charge in [0.2, 0.25) is 5.91 Å². The lowest BCUT2D eigenvalue weighted by atomic mass is 9.99. The predicted molar refractivity (Wildman–Crippen MR) is 113 cm³/mol. The van der Waals surface area contributed by atoms with Crippen molar-refractivity contribution in [3.63, 3.8) is 0 Å². The van der Waals surface area contributed by atoms with Gasteiger partial charge in [0.05, 0.1) is 11.4 Å². The molecule has 0 aliphatic carbocycles. The van der Waals surface area contributed by atoms with Crippen molar-refractivity contribution < 1.29 is 15.0 Å². The van der Waals surface area contributed by atoms with Gasteiger partial charge in [0.15, 0.2) is 0 Å². The number of H-pyrrole nitrogens is 1. The molecule has 2 heterocycles. The number of phenols is 2. The summed E-state index contributed by atoms with van der Waals surface area (Å²) >= 11 is 7.67. The number of aromatic nitrogens is 2. The van der Waals surface area contributed by atoms with Gasteiger partial charge in [-0.05, 0) is 30.0 Å². The second-order valence-electron chi connectivity index (χ2n) is 6.94. The van der Waals surface area contributed by atoms with Crippen molar-refractivity contribution in [3.05, 3.63) is 58.2 Å². The van der Waals surface area contributed by atoms with Gasteiger partial charge in [0.1, 0.15) is 17.2 Å². The highest BCUT2D eigenvalue weighted by molar-refractivity contribution is 7.98. The Bertz CT molecular complexity index is 1080. The maximum atomic E-state index is 12.9. The third-order valence-electron chi connectivity index (χ3n) is 5.10. The van der Waals surface area contributed by atoms with Gasteiger partial charge >= 0.3 is 0 Å². The number of amides is 1. The highest BCUT2D eigenvalue weighted by atomic mass is 35.5. The molecule has 1 aromatic heterocycles. The third kappa shape index (κ3) is 3.93. The fourth-order valence-electron chi connectivity index (χ4n) is 3.54. The van der Waals surface area contributed by atoms with Crippen LogP contribution in [0, 0.1) is 0 Å². The third-order valence-corrected chi connectivity index (χ3v) is 6.12. The molecule has 2 aromatic carbocycles. The smallest absolute Gasteiger partial charge is 0.227 e. The highest BCUT2D eigenvalue weighted by Gasteiger charge is 2.27. The zero-order chi connectivity index (χ0) is 20.5. The van der Waals surface area contributed by atoms with Gasteiger partial charge < -0.3 is 15.1 Å². The van der Waals surface area contributed by atoms with E-state index in [4.69, 9.17) is 11.6 Å². The van der Waals surface area contributed by atoms with Crippen LogP contribution in [0.5, 0.6) is 11.5 Å². The number of hydrogen-bond acceptors (Lipinski definition) is 5. The Morgan fingerprint density at radius 2 is 2.10 bits per heavy atom. The van der Waals surface area contributed by atoms with Gasteiger partial charge in [-0.25, -0.2) is 0 Å². The first-order valence-corrected chi connectivity index (χ1v) is 10.7. The van der Waals surface area contributed by atoms with Crippen molar-refractivity contribution in [1.29, 1.82) is 0 Å². The number of nitrogens with zero attached hydrogens (tertiary/aromatic N) is 2. The molecule has 0 fully saturated rings. The van der Waals surface area contributed by atoms with Crippen LogP contribution in [0.2, 0.25) is 5.02 Å². The van der Waals surface area contributed by atoms with Gasteiger partial charge in [-0.1, -0.05) is 23.7 Å². The molecule has 0 bridgehead atoms. The van der Waals surface area contributed by atoms with Crippen LogP contribution in [-0.4, -0.2) is 44.0 Å². The predicted octanol–water partition coefficient (Wildman–Crippen LogP) is 3.99. The molecule has 0 saturated carbocycles. The van der Waals surface area contributed by atoms with Crippen molar-refractivity contribution >= 4 is 29.3 Å². The number of aromatic amines is 1. The molecule has 1 aliphatic rings. The first-order valence-electron chi connectivity index (χ1n) is 9.15. The van der Waals surface area contributed by atoms with Crippen LogP contribution in [-0.2, 0) is 24.2 Å². The molecule has 0 unspecified atom stereocenters. The van der Waals surface area contributed by atoms with Gasteiger partial charge in [-0.3, -0.25) is 9.89 Å². The molecule has 1 amide bonds. The maximum Gasteiger partial charge on any atom is 0.227 e. The number of carbonyl (C=O) groups is 1. The van der Waals surface area contributed by atoms with E-state index < -0.39 is 0 Å². The van der Waals surface area contributed by atoms with Crippen LogP contribution in [0.3, 0.4) is 0 Å². The molecule has 0 radical (unpaired) electrons. The summed E-state index contributed by atoms with van der Waals surface area (Å²) in [5.41, 5.74) is 3.76. The van der Waals surface area contributed by atoms with E-state index in [1.54, 1.807) is 11.8 Å². The summed E-state index contributed by atoms with van der Waals surface area (Å²) < 4.78 is 0. The zero-order valence-corrected chi connectivity index (χ0v) is 17.3. The first kappa shape index (κ1) is 19.7. The van der Waals surface area contributed by atoms with Gasteiger partial charge in [0.25, 0.3) is 0 Å². The Balaban J connectivity index is 1.58. The van der Waals surface area contributed by atoms with E-state index in [1.807, 2.05) is 35.4 Å². The maximum absolute atomic E-state index is 12.9. The quantitative estimate of drug-likeness (QED) is 0.545. The lowest BCUT2D eigenvalue weighted by Crippen LogP contribution is -2.36. The summed E-state index contributed by atoms with van der Waals surface area (Å²) in [5, 5.41) is 27.4. The highest BCUT2D eigenvalue weighted by Crippen LogP contribution is 2.39. The molecule has 0 spiro atoms. The Kier molecular flexibility index (Phi) is 5.43. The lowest BCUT2D eigenvalue weighted by molar-refractivity contribution is -0.131. The topological polar surface area (TPSA) is 89.5 Å². The Morgan fingerprint density at radius 1 is 1.28 bits per heavy atom. The minimum absolute atomic E-state index is 0.0500. The average molecular weight is 430 g/mol. The van der Waals surface area contributed by atoms with Crippen LogP contribution in [0.15, 0.2) is 41.3 Å². The van der Waals surface area contributed by atoms with E-state index in [1.165, 1.54) is 12.1 Å². The summed E-state index contributed by atoms with van der Waals surface area (Å²) in [7, 11) is 0. The van der Waals surface area contributed by atoms with Crippen molar-refractivity contribution in [2.45, 2.75) is 24.3 Å². The summed E-state index contributed by atoms with van der Waals surface area (Å²) in [6.07, 6.45) is 3.01. The molecule has 6 nitrogen and oxygen atoms in total. The number of nitrogens with one attached hydrogen (secondary N) is 1. The fraction of sp³-hybridized carbons (Fsp3) is 0.238. The largest absolute Gasteiger partial charge is 0.507 e. The molecular formula is C21H20ClN3O3S. The van der Waals surface area contributed by atoms with Crippen molar-refractivity contribution in [2.24, 2.45) is 0 Å². The molecule has 3 aromatic rings. The molecule has 1 aliphatic heterocycles. The summed E-state index contributed by atoms with van der Waals surface area (Å²) in [4.78, 5) is 15.8. The molecular weight excluding hydrogens is 410 g/mol. The summed E-state index contributed by atoms with van der Waals surface area (Å²) in [6.45, 7) is 1.01. The van der Waals surface area contributed by atoms with E-state index in [0.717, 1.165) is 21.7 Å². The lowest BCUT2D eigenvalue weighted by Gasteiger charge is -2.27. The number of hydrogen-bond donors (Lipinski definition) is 3. The van der Waals surface area contributed by atoms with Crippen LogP contribution in [0.4, 0.5) is 0 Å². The number of carbonyl (C=O) groups excluding carboxylic acids is 1. The standard InChI is InChI=1S/C21H20ClN3O3S/c1-29-13-4-2-3-12(7-13)8-20(28)25-6-5-17-15(11-25)21(24-23-17)14-9-16(22)19(27)10-18(14)26/h2-4,7,9-10,26-27H,5-6,8,11H2,1H3,(H,23,24). The van der Waals surface area contributed by atoms with E-state index >= 15 is 0 Å². The van der Waals surface area contributed by atoms with E-state index in [-0.39, 0.29) is 22.4 Å². The number of fused-ring (bicyclic) bond motifs is 1. The number of thioether (sulfide) groups is 1. The van der Waals surface area contributed by atoms with Crippen molar-refractivity contribution in [2.75, 3.05) is 12.8 Å². The summed E-state index contributed by atoms with van der Waals surface area (Å²) in [5.74, 6) is -0.255. The van der Waals surface area contributed by atoms with Crippen molar-refractivity contribution in [1.82, 2.24) is 15.1 Å². The zero-order valence-electron chi connectivity index (χ0n) is 15.8. The molecule has 150 valence electrons. The van der Waals surface area contributed by atoms with E-state index in [9.17, 15) is 15.0 Å². The van der Waals surface area contributed by atoms with Crippen LogP contribution < -0.4 is 0 Å². The first-order chi connectivity index (χ1) is 14.0. The average Bonchev–Trinajstić information content (AvgIpc) is 3.14. The number of halogens is 1. The second kappa shape index (κ2) is 8.00. The normalized spacial score (nSPS) is 13.4. The minimum atomic E-state index is -0.193. The second-order valence-corrected chi connectivity index (χ2v) is 8.23. The number of phenolic OH excluding ortho intramolecular Hbond substituents is 2. The van der Waals surface area contributed by atoms with E-state index in [2.05, 4.69) is 10.2 Å². The molecule has 0 atom stereocenters. The monoisotopic (exact) mass is 429 g/mol. The molecule has 0 saturated heterocycles. The number of benzene rings is 2.